The minimum absolute atomic E-state index is 0. The van der Waals surface area contributed by atoms with Gasteiger partial charge in [-0.3, -0.25) is 0 Å². The molecule has 1 aliphatic carbocycles. The fraction of sp³-hybridized carbons (Fsp3) is 0.462. The van der Waals surface area contributed by atoms with E-state index in [9.17, 15) is 4.79 Å². The highest BCUT2D eigenvalue weighted by Crippen LogP contribution is 2.44. The van der Waals surface area contributed by atoms with Gasteiger partial charge in [-0.25, -0.2) is 4.79 Å². The third-order valence-corrected chi connectivity index (χ3v) is 4.25. The number of halogens is 3. The number of benzene rings is 1. The molecule has 1 heterocycles. The molecule has 2 amide bonds. The maximum atomic E-state index is 11.8. The Morgan fingerprint density at radius 3 is 2.30 bits per heavy atom. The topological polar surface area (TPSA) is 53.2 Å². The number of carbonyl (C=O) groups excluding carboxylic acids is 1. The van der Waals surface area contributed by atoms with E-state index in [2.05, 4.69) is 16.0 Å². The summed E-state index contributed by atoms with van der Waals surface area (Å²) in [6.07, 6.45) is 2.12. The number of nitrogens with one attached hydrogen (secondary N) is 3. The fourth-order valence-electron chi connectivity index (χ4n) is 2.83. The molecule has 1 aliphatic heterocycles. The molecule has 1 saturated carbocycles. The van der Waals surface area contributed by atoms with Crippen LogP contribution < -0.4 is 16.0 Å². The van der Waals surface area contributed by atoms with Crippen LogP contribution in [-0.4, -0.2) is 25.2 Å². The highest BCUT2D eigenvalue weighted by atomic mass is 35.5. The molecule has 110 valence electrons. The molecule has 1 spiro atoms. The average Bonchev–Trinajstić information content (AvgIpc) is 2.18. The Morgan fingerprint density at radius 1 is 1.20 bits per heavy atom. The Morgan fingerprint density at radius 2 is 1.80 bits per heavy atom. The summed E-state index contributed by atoms with van der Waals surface area (Å²) in [5.41, 5.74) is 1.06. The standard InChI is InChI=1S/C13H15Cl2N3O.ClH/c14-8-1-9(15)3-10(2-8)17-12(19)18-11-4-13(5-11)6-16-7-13;/h1-3,11,16H,4-7H2,(H2,17,18,19);1H. The summed E-state index contributed by atoms with van der Waals surface area (Å²) in [5, 5.41) is 10.00. The molecule has 4 nitrogen and oxygen atoms in total. The second-order valence-electron chi connectivity index (χ2n) is 5.47. The molecule has 3 N–H and O–H groups in total. The minimum atomic E-state index is -0.203. The van der Waals surface area contributed by atoms with Gasteiger partial charge in [-0.05, 0) is 36.5 Å². The van der Waals surface area contributed by atoms with Crippen LogP contribution in [0.4, 0.5) is 10.5 Å². The van der Waals surface area contributed by atoms with E-state index >= 15 is 0 Å². The van der Waals surface area contributed by atoms with Crippen LogP contribution in [0.3, 0.4) is 0 Å². The highest BCUT2D eigenvalue weighted by molar-refractivity contribution is 6.35. The van der Waals surface area contributed by atoms with Gasteiger partial charge in [-0.2, -0.15) is 0 Å². The molecule has 0 aromatic heterocycles. The first-order valence-corrected chi connectivity index (χ1v) is 7.05. The van der Waals surface area contributed by atoms with Crippen molar-refractivity contribution in [3.8, 4) is 0 Å². The summed E-state index contributed by atoms with van der Waals surface area (Å²) >= 11 is 11.8. The molecule has 20 heavy (non-hydrogen) atoms. The van der Waals surface area contributed by atoms with Crippen molar-refractivity contribution in [2.75, 3.05) is 18.4 Å². The molecule has 0 unspecified atom stereocenters. The van der Waals surface area contributed by atoms with E-state index in [0.29, 0.717) is 21.1 Å². The van der Waals surface area contributed by atoms with Crippen molar-refractivity contribution in [2.45, 2.75) is 18.9 Å². The first-order chi connectivity index (χ1) is 9.05. The van der Waals surface area contributed by atoms with E-state index in [0.717, 1.165) is 25.9 Å². The molecule has 2 aliphatic rings. The van der Waals surface area contributed by atoms with Crippen LogP contribution in [0.5, 0.6) is 0 Å². The maximum absolute atomic E-state index is 11.8. The molecule has 1 saturated heterocycles. The van der Waals surface area contributed by atoms with Crippen LogP contribution in [0.15, 0.2) is 18.2 Å². The van der Waals surface area contributed by atoms with E-state index in [-0.39, 0.29) is 24.5 Å². The van der Waals surface area contributed by atoms with E-state index in [1.807, 2.05) is 0 Å². The maximum Gasteiger partial charge on any atom is 0.319 e. The van der Waals surface area contributed by atoms with E-state index in [4.69, 9.17) is 23.2 Å². The molecule has 7 heteroatoms. The van der Waals surface area contributed by atoms with Gasteiger partial charge in [0.25, 0.3) is 0 Å². The first kappa shape index (κ1) is 15.7. The van der Waals surface area contributed by atoms with E-state index in [1.54, 1.807) is 18.2 Å². The predicted octanol–water partition coefficient (Wildman–Crippen LogP) is 3.29. The highest BCUT2D eigenvalue weighted by Gasteiger charge is 2.48. The van der Waals surface area contributed by atoms with Crippen molar-refractivity contribution in [1.82, 2.24) is 10.6 Å². The number of urea groups is 1. The van der Waals surface area contributed by atoms with Crippen LogP contribution >= 0.6 is 35.6 Å². The van der Waals surface area contributed by atoms with Gasteiger partial charge in [0.15, 0.2) is 0 Å². The summed E-state index contributed by atoms with van der Waals surface area (Å²) in [7, 11) is 0. The smallest absolute Gasteiger partial charge is 0.319 e. The van der Waals surface area contributed by atoms with Crippen molar-refractivity contribution < 1.29 is 4.79 Å². The molecule has 2 fully saturated rings. The number of hydrogen-bond donors (Lipinski definition) is 3. The summed E-state index contributed by atoms with van der Waals surface area (Å²) in [4.78, 5) is 11.8. The second-order valence-corrected chi connectivity index (χ2v) is 6.34. The van der Waals surface area contributed by atoms with Crippen molar-refractivity contribution in [1.29, 1.82) is 0 Å². The first-order valence-electron chi connectivity index (χ1n) is 6.29. The van der Waals surface area contributed by atoms with Gasteiger partial charge in [0.1, 0.15) is 0 Å². The van der Waals surface area contributed by atoms with Gasteiger partial charge in [0.05, 0.1) is 0 Å². The molecular weight excluding hydrogens is 321 g/mol. The van der Waals surface area contributed by atoms with Crippen LogP contribution in [0.1, 0.15) is 12.8 Å². The number of anilines is 1. The van der Waals surface area contributed by atoms with E-state index in [1.165, 1.54) is 0 Å². The zero-order valence-corrected chi connectivity index (χ0v) is 13.0. The lowest BCUT2D eigenvalue weighted by Gasteiger charge is -2.54. The lowest BCUT2D eigenvalue weighted by Crippen LogP contribution is -2.65. The fourth-order valence-corrected chi connectivity index (χ4v) is 3.36. The summed E-state index contributed by atoms with van der Waals surface area (Å²) < 4.78 is 0. The van der Waals surface area contributed by atoms with Gasteiger partial charge in [-0.1, -0.05) is 23.2 Å². The Kier molecular flexibility index (Phi) is 4.69. The van der Waals surface area contributed by atoms with Crippen molar-refractivity contribution >= 4 is 47.3 Å². The van der Waals surface area contributed by atoms with Crippen molar-refractivity contribution in [3.05, 3.63) is 28.2 Å². The largest absolute Gasteiger partial charge is 0.335 e. The molecular formula is C13H16Cl3N3O. The van der Waals surface area contributed by atoms with Gasteiger partial charge in [0, 0.05) is 34.9 Å². The van der Waals surface area contributed by atoms with Crippen LogP contribution in [-0.2, 0) is 0 Å². The molecule has 0 atom stereocenters. The zero-order chi connectivity index (χ0) is 13.5. The monoisotopic (exact) mass is 335 g/mol. The number of carbonyl (C=O) groups is 1. The number of hydrogen-bond acceptors (Lipinski definition) is 2. The molecule has 1 aromatic carbocycles. The lowest BCUT2D eigenvalue weighted by atomic mass is 9.62. The van der Waals surface area contributed by atoms with Gasteiger partial charge in [-0.15, -0.1) is 12.4 Å². The Balaban J connectivity index is 0.00000147. The third-order valence-electron chi connectivity index (χ3n) is 3.81. The summed E-state index contributed by atoms with van der Waals surface area (Å²) in [6.45, 7) is 2.16. The Hall–Kier alpha value is -0.680. The normalized spacial score (nSPS) is 19.5. The molecule has 1 aromatic rings. The molecule has 0 bridgehead atoms. The SMILES string of the molecule is Cl.O=C(Nc1cc(Cl)cc(Cl)c1)NC1CC2(CNC2)C1. The lowest BCUT2D eigenvalue weighted by molar-refractivity contribution is 0.0289. The zero-order valence-electron chi connectivity index (χ0n) is 10.7. The van der Waals surface area contributed by atoms with Crippen molar-refractivity contribution in [3.63, 3.8) is 0 Å². The van der Waals surface area contributed by atoms with Gasteiger partial charge in [0.2, 0.25) is 0 Å². The third kappa shape index (κ3) is 3.31. The number of rotatable bonds is 2. The Bertz CT molecular complexity index is 491. The van der Waals surface area contributed by atoms with Gasteiger partial charge < -0.3 is 16.0 Å². The summed E-state index contributed by atoms with van der Waals surface area (Å²) in [6, 6.07) is 5.05. The molecule has 3 rings (SSSR count). The quantitative estimate of drug-likeness (QED) is 0.776. The van der Waals surface area contributed by atoms with Crippen LogP contribution in [0.2, 0.25) is 10.0 Å². The van der Waals surface area contributed by atoms with Gasteiger partial charge >= 0.3 is 6.03 Å². The van der Waals surface area contributed by atoms with Crippen molar-refractivity contribution in [2.24, 2.45) is 5.41 Å². The molecule has 0 radical (unpaired) electrons. The minimum Gasteiger partial charge on any atom is -0.335 e. The van der Waals surface area contributed by atoms with Crippen LogP contribution in [0, 0.1) is 5.41 Å². The van der Waals surface area contributed by atoms with Crippen LogP contribution in [0.25, 0.3) is 0 Å². The predicted molar refractivity (Wildman–Crippen MR) is 84.2 cm³/mol. The second kappa shape index (κ2) is 5.98. The number of amides is 2. The average molecular weight is 337 g/mol. The van der Waals surface area contributed by atoms with E-state index < -0.39 is 0 Å². The summed E-state index contributed by atoms with van der Waals surface area (Å²) in [5.74, 6) is 0. The Labute approximate surface area is 134 Å².